The van der Waals surface area contributed by atoms with Crippen molar-refractivity contribution in [1.29, 1.82) is 5.41 Å². The van der Waals surface area contributed by atoms with Crippen LogP contribution in [-0.2, 0) is 9.53 Å². The van der Waals surface area contributed by atoms with Gasteiger partial charge >= 0.3 is 6.18 Å². The predicted molar refractivity (Wildman–Crippen MR) is 103 cm³/mol. The van der Waals surface area contributed by atoms with Gasteiger partial charge in [-0.15, -0.1) is 0 Å². The van der Waals surface area contributed by atoms with Crippen molar-refractivity contribution in [2.45, 2.75) is 57.2 Å². The maximum Gasteiger partial charge on any atom is 0.405 e. The van der Waals surface area contributed by atoms with Gasteiger partial charge in [-0.3, -0.25) is 10.2 Å². The summed E-state index contributed by atoms with van der Waals surface area (Å²) in [5, 5.41) is 14.2. The SMILES string of the molecule is C/C=C(\NCC(F)(F)F)C(COC)N/C=C(/NC(=O)CC1CCC(F)(F)CC1)C(=N)F. The quantitative estimate of drug-likeness (QED) is 0.281. The van der Waals surface area contributed by atoms with Gasteiger partial charge in [0.1, 0.15) is 12.2 Å². The van der Waals surface area contributed by atoms with Crippen LogP contribution in [0.15, 0.2) is 23.7 Å². The number of halogens is 6. The van der Waals surface area contributed by atoms with E-state index in [4.69, 9.17) is 10.1 Å². The second-order valence-electron chi connectivity index (χ2n) is 7.31. The number of carbonyl (C=O) groups excluding carboxylic acids is 1. The summed E-state index contributed by atoms with van der Waals surface area (Å²) in [6.45, 7) is 0.125. The van der Waals surface area contributed by atoms with Crippen LogP contribution in [-0.4, -0.2) is 50.3 Å². The fourth-order valence-corrected chi connectivity index (χ4v) is 3.13. The minimum Gasteiger partial charge on any atom is -0.382 e. The summed E-state index contributed by atoms with van der Waals surface area (Å²) in [7, 11) is 1.32. The first-order valence-corrected chi connectivity index (χ1v) is 9.71. The second-order valence-corrected chi connectivity index (χ2v) is 7.31. The summed E-state index contributed by atoms with van der Waals surface area (Å²) in [6, 6.07) is -0.843. The Kier molecular flexibility index (Phi) is 10.3. The van der Waals surface area contributed by atoms with Gasteiger partial charge in [0, 0.05) is 38.3 Å². The molecule has 31 heavy (non-hydrogen) atoms. The van der Waals surface area contributed by atoms with Crippen molar-refractivity contribution >= 4 is 11.9 Å². The minimum atomic E-state index is -4.45. The van der Waals surface area contributed by atoms with Gasteiger partial charge in [0.05, 0.1) is 12.6 Å². The summed E-state index contributed by atoms with van der Waals surface area (Å²) >= 11 is 0. The highest BCUT2D eigenvalue weighted by Crippen LogP contribution is 2.37. The molecule has 0 spiro atoms. The molecule has 0 radical (unpaired) electrons. The van der Waals surface area contributed by atoms with Gasteiger partial charge in [0.15, 0.2) is 0 Å². The molecule has 1 atom stereocenters. The Labute approximate surface area is 177 Å². The zero-order valence-corrected chi connectivity index (χ0v) is 17.3. The van der Waals surface area contributed by atoms with E-state index in [1.54, 1.807) is 0 Å². The Bertz CT molecular complexity index is 669. The molecule has 1 unspecified atom stereocenters. The smallest absolute Gasteiger partial charge is 0.382 e. The van der Waals surface area contributed by atoms with Gasteiger partial charge in [0.2, 0.25) is 17.8 Å². The van der Waals surface area contributed by atoms with E-state index in [0.717, 1.165) is 6.20 Å². The average molecular weight is 458 g/mol. The molecule has 0 heterocycles. The largest absolute Gasteiger partial charge is 0.405 e. The van der Waals surface area contributed by atoms with E-state index in [-0.39, 0.29) is 50.3 Å². The molecule has 1 aliphatic rings. The average Bonchev–Trinajstić information content (AvgIpc) is 2.65. The lowest BCUT2D eigenvalue weighted by Crippen LogP contribution is -2.41. The lowest BCUT2D eigenvalue weighted by Gasteiger charge is -2.27. The highest BCUT2D eigenvalue weighted by Gasteiger charge is 2.35. The van der Waals surface area contributed by atoms with E-state index in [1.807, 2.05) is 0 Å². The molecular weight excluding hydrogens is 430 g/mol. The van der Waals surface area contributed by atoms with Gasteiger partial charge in [-0.05, 0) is 25.7 Å². The molecule has 0 saturated heterocycles. The molecule has 1 fully saturated rings. The van der Waals surface area contributed by atoms with Crippen LogP contribution in [0.3, 0.4) is 0 Å². The van der Waals surface area contributed by atoms with Crippen LogP contribution in [0.4, 0.5) is 26.3 Å². The van der Waals surface area contributed by atoms with E-state index in [2.05, 4.69) is 16.0 Å². The lowest BCUT2D eigenvalue weighted by molar-refractivity contribution is -0.124. The lowest BCUT2D eigenvalue weighted by atomic mass is 9.84. The molecule has 0 aromatic carbocycles. The molecule has 12 heteroatoms. The maximum atomic E-state index is 13.6. The molecule has 4 N–H and O–H groups in total. The van der Waals surface area contributed by atoms with Crippen LogP contribution in [0.5, 0.6) is 0 Å². The van der Waals surface area contributed by atoms with Crippen molar-refractivity contribution in [2.24, 2.45) is 5.92 Å². The van der Waals surface area contributed by atoms with Crippen molar-refractivity contribution in [3.8, 4) is 0 Å². The molecule has 0 aromatic rings. The van der Waals surface area contributed by atoms with Crippen LogP contribution < -0.4 is 16.0 Å². The summed E-state index contributed by atoms with van der Waals surface area (Å²) in [4.78, 5) is 12.2. The fraction of sp³-hybridized carbons (Fsp3) is 0.684. The molecule has 0 bridgehead atoms. The van der Waals surface area contributed by atoms with Crippen molar-refractivity contribution in [3.63, 3.8) is 0 Å². The van der Waals surface area contributed by atoms with Crippen molar-refractivity contribution < 1.29 is 35.9 Å². The Hall–Kier alpha value is -2.24. The monoisotopic (exact) mass is 458 g/mol. The summed E-state index contributed by atoms with van der Waals surface area (Å²) in [5.41, 5.74) is -0.409. The summed E-state index contributed by atoms with van der Waals surface area (Å²) in [5.74, 6) is -5.12. The van der Waals surface area contributed by atoms with Gasteiger partial charge in [-0.25, -0.2) is 8.78 Å². The summed E-state index contributed by atoms with van der Waals surface area (Å²) in [6.07, 6.45) is -2.52. The second kappa shape index (κ2) is 12.0. The van der Waals surface area contributed by atoms with Crippen LogP contribution in [0.1, 0.15) is 39.0 Å². The topological polar surface area (TPSA) is 86.2 Å². The van der Waals surface area contributed by atoms with E-state index in [9.17, 15) is 31.1 Å². The highest BCUT2D eigenvalue weighted by atomic mass is 19.4. The molecule has 0 aliphatic heterocycles. The third-order valence-electron chi connectivity index (χ3n) is 4.76. The number of carbonyl (C=O) groups is 1. The number of alkyl halides is 5. The molecule has 1 rings (SSSR count). The molecule has 0 aromatic heterocycles. The molecule has 178 valence electrons. The van der Waals surface area contributed by atoms with Crippen LogP contribution in [0.2, 0.25) is 0 Å². The van der Waals surface area contributed by atoms with E-state index in [0.29, 0.717) is 0 Å². The Morgan fingerprint density at radius 1 is 1.29 bits per heavy atom. The number of amides is 1. The normalized spacial score (nSPS) is 19.0. The van der Waals surface area contributed by atoms with Crippen molar-refractivity contribution in [2.75, 3.05) is 20.3 Å². The van der Waals surface area contributed by atoms with Gasteiger partial charge < -0.3 is 20.7 Å². The number of rotatable bonds is 11. The molecule has 1 amide bonds. The van der Waals surface area contributed by atoms with Crippen LogP contribution in [0.25, 0.3) is 0 Å². The standard InChI is InChI=1S/C19H28F6N4O2/c1-3-13(28-11-19(23,24)25)15(10-31-2)27-9-14(17(20)26)29-16(30)8-12-4-6-18(21,22)7-5-12/h3,9,12,15,26-28H,4-8,10-11H2,1-2H3,(H,29,30)/b13-3-,14-9+,26-17?. The number of methoxy groups -OCH3 is 1. The van der Waals surface area contributed by atoms with Crippen molar-refractivity contribution in [3.05, 3.63) is 23.7 Å². The van der Waals surface area contributed by atoms with Crippen LogP contribution >= 0.6 is 0 Å². The van der Waals surface area contributed by atoms with E-state index in [1.165, 1.54) is 20.1 Å². The number of allylic oxidation sites excluding steroid dienone is 2. The van der Waals surface area contributed by atoms with Crippen molar-refractivity contribution in [1.82, 2.24) is 16.0 Å². The Balaban J connectivity index is 2.74. The zero-order chi connectivity index (χ0) is 23.7. The highest BCUT2D eigenvalue weighted by molar-refractivity contribution is 5.94. The predicted octanol–water partition coefficient (Wildman–Crippen LogP) is 3.77. The maximum absolute atomic E-state index is 13.6. The minimum absolute atomic E-state index is 0.0852. The summed E-state index contributed by atoms with van der Waals surface area (Å²) < 4.78 is 82.4. The number of hydrogen-bond acceptors (Lipinski definition) is 5. The number of hydrogen-bond donors (Lipinski definition) is 4. The van der Waals surface area contributed by atoms with Gasteiger partial charge in [0.25, 0.3) is 0 Å². The Morgan fingerprint density at radius 2 is 1.90 bits per heavy atom. The van der Waals surface area contributed by atoms with E-state index >= 15 is 0 Å². The first kappa shape index (κ1) is 26.8. The first-order valence-electron chi connectivity index (χ1n) is 9.71. The number of ether oxygens (including phenoxy) is 1. The third kappa shape index (κ3) is 10.6. The van der Waals surface area contributed by atoms with E-state index < -0.39 is 42.3 Å². The van der Waals surface area contributed by atoms with Crippen LogP contribution in [0, 0.1) is 11.3 Å². The Morgan fingerprint density at radius 3 is 2.39 bits per heavy atom. The first-order chi connectivity index (χ1) is 14.4. The third-order valence-corrected chi connectivity index (χ3v) is 4.76. The van der Waals surface area contributed by atoms with Gasteiger partial charge in [-0.2, -0.15) is 17.6 Å². The zero-order valence-electron chi connectivity index (χ0n) is 17.3. The molecule has 6 nitrogen and oxygen atoms in total. The molecule has 1 saturated carbocycles. The van der Waals surface area contributed by atoms with Gasteiger partial charge in [-0.1, -0.05) is 6.08 Å². The fourth-order valence-electron chi connectivity index (χ4n) is 3.13. The molecular formula is C19H28F6N4O2. The number of nitrogens with one attached hydrogen (secondary N) is 4. The molecule has 1 aliphatic carbocycles.